The smallest absolute Gasteiger partial charge is 0.486 e. The predicted octanol–water partition coefficient (Wildman–Crippen LogP) is -2.38. The topological polar surface area (TPSA) is 26.0 Å². The molecule has 0 aliphatic rings. The molecule has 0 unspecified atom stereocenters. The number of nitrogens with two attached hydrogens (primary N) is 1. The second kappa shape index (κ2) is 15.7. The van der Waals surface area contributed by atoms with E-state index in [4.69, 9.17) is 0 Å². The maximum Gasteiger partial charge on any atom is 1.00 e. The largest absolute Gasteiger partial charge is 1.00 e. The maximum absolute atomic E-state index is 9.67. The Morgan fingerprint density at radius 3 is 1.14 bits per heavy atom. The second-order valence-corrected chi connectivity index (χ2v) is 0.247. The first-order valence-corrected chi connectivity index (χ1v) is 1.06. The summed E-state index contributed by atoms with van der Waals surface area (Å²) in [4.78, 5) is 0. The van der Waals surface area contributed by atoms with Crippen LogP contribution in [0.3, 0.4) is 0 Å². The summed E-state index contributed by atoms with van der Waals surface area (Å²) in [6, 6.07) is 0. The summed E-state index contributed by atoms with van der Waals surface area (Å²) in [5.41, 5.74) is 4.25. The van der Waals surface area contributed by atoms with Crippen LogP contribution in [-0.4, -0.2) is 7.54 Å². The van der Waals surface area contributed by atoms with E-state index in [1.54, 1.807) is 0 Å². The molecule has 0 spiro atoms. The van der Waals surface area contributed by atoms with Crippen molar-refractivity contribution in [3.05, 3.63) is 7.05 Å². The van der Waals surface area contributed by atoms with E-state index in [2.05, 4.69) is 12.8 Å². The summed E-state index contributed by atoms with van der Waals surface area (Å²) in [5, 5.41) is 0. The van der Waals surface area contributed by atoms with Crippen LogP contribution >= 0.6 is 0 Å². The van der Waals surface area contributed by atoms with Crippen molar-refractivity contribution in [3.8, 4) is 0 Å². The van der Waals surface area contributed by atoms with Gasteiger partial charge in [-0.1, -0.05) is 0 Å². The zero-order chi connectivity index (χ0) is 5.58. The molecule has 0 rings (SSSR count). The Balaban J connectivity index is -0.0000000480. The third kappa shape index (κ3) is 105. The molecule has 1 nitrogen and oxygen atoms in total. The molecule has 0 aromatic rings. The van der Waals surface area contributed by atoms with Crippen LogP contribution in [0, 0.1) is 7.05 Å². The number of hydrogen-bond donors (Lipinski definition) is 1. The molecule has 0 aliphatic carbocycles. The van der Waals surface area contributed by atoms with Crippen LogP contribution in [0.15, 0.2) is 0 Å². The molecule has 0 aromatic heterocycles. The third-order valence-electron chi connectivity index (χ3n) is 0. The van der Waals surface area contributed by atoms with Crippen molar-refractivity contribution >= 4 is 7.54 Å². The van der Waals surface area contributed by atoms with Crippen molar-refractivity contribution in [2.24, 2.45) is 5.73 Å². The van der Waals surface area contributed by atoms with Gasteiger partial charge < -0.3 is 5.73 Å². The minimum absolute atomic E-state index is 0. The van der Waals surface area contributed by atoms with Gasteiger partial charge in [-0.3, -0.25) is 20.0 Å². The van der Waals surface area contributed by atoms with E-state index in [9.17, 15) is 12.9 Å². The van der Waals surface area contributed by atoms with E-state index in [0.717, 1.165) is 0 Å². The molecular weight excluding hydrogens is 133 g/mol. The van der Waals surface area contributed by atoms with Crippen molar-refractivity contribution in [2.75, 3.05) is 0 Å². The van der Waals surface area contributed by atoms with E-state index in [-0.39, 0.29) is 51.4 Å². The molecule has 2 N–H and O–H groups in total. The molecule has 0 saturated heterocycles. The fourth-order valence-corrected chi connectivity index (χ4v) is 0. The van der Waals surface area contributed by atoms with Crippen molar-refractivity contribution in [1.82, 2.24) is 0 Å². The van der Waals surface area contributed by atoms with Gasteiger partial charge in [-0.25, -0.2) is 0 Å². The quantitative estimate of drug-likeness (QED) is 0.293. The van der Waals surface area contributed by atoms with E-state index in [0.29, 0.717) is 0 Å². The molecule has 0 heterocycles. The van der Waals surface area contributed by atoms with Crippen LogP contribution in [-0.2, 0) is 0 Å². The Bertz CT molecular complexity index is 19.7. The van der Waals surface area contributed by atoms with Gasteiger partial charge in [-0.05, 0) is 0 Å². The normalized spacial score (nSPS) is 4.71. The first kappa shape index (κ1) is 15.8. The molecule has 0 fully saturated rings. The van der Waals surface area contributed by atoms with Crippen molar-refractivity contribution < 1.29 is 64.3 Å². The van der Waals surface area contributed by atoms with Crippen LogP contribution in [0.4, 0.5) is 12.9 Å². The minimum Gasteiger partial charge on any atom is -0.486 e. The molecule has 38 valence electrons. The molecule has 6 heteroatoms. The van der Waals surface area contributed by atoms with Gasteiger partial charge in [0.2, 0.25) is 0 Å². The van der Waals surface area contributed by atoms with Crippen molar-refractivity contribution in [3.63, 3.8) is 0 Å². The van der Waals surface area contributed by atoms with Crippen LogP contribution in [0.2, 0.25) is 0 Å². The zero-order valence-corrected chi connectivity index (χ0v) is 7.12. The Morgan fingerprint density at radius 2 is 1.14 bits per heavy atom. The summed E-state index contributed by atoms with van der Waals surface area (Å²) >= 11 is 0. The van der Waals surface area contributed by atoms with Gasteiger partial charge in [0.15, 0.2) is 0 Å². The zero-order valence-electron chi connectivity index (χ0n) is 4.00. The third-order valence-corrected chi connectivity index (χ3v) is 0. The van der Waals surface area contributed by atoms with Gasteiger partial charge in [-0.2, -0.15) is 0 Å². The summed E-state index contributed by atoms with van der Waals surface area (Å²) in [5.74, 6) is 0. The summed E-state index contributed by atoms with van der Waals surface area (Å²) in [6.45, 7) is 0. The van der Waals surface area contributed by atoms with E-state index in [1.165, 1.54) is 0 Å². The molecule has 0 bridgehead atoms. The van der Waals surface area contributed by atoms with E-state index >= 15 is 0 Å². The van der Waals surface area contributed by atoms with E-state index < -0.39 is 7.54 Å². The predicted molar refractivity (Wildman–Crippen MR) is 18.6 cm³/mol. The molecule has 0 radical (unpaired) electrons. The van der Waals surface area contributed by atoms with Crippen LogP contribution in [0.5, 0.6) is 0 Å². The fraction of sp³-hybridized carbons (Fsp3) is 0. The molecular formula is CH4BF3KN. The Morgan fingerprint density at radius 1 is 1.14 bits per heavy atom. The summed E-state index contributed by atoms with van der Waals surface area (Å²) < 4.78 is 29.0. The van der Waals surface area contributed by atoms with Gasteiger partial charge in [-0.15, -0.1) is 0 Å². The van der Waals surface area contributed by atoms with Crippen molar-refractivity contribution in [2.45, 2.75) is 0 Å². The molecule has 0 aliphatic heterocycles. The van der Waals surface area contributed by atoms with Gasteiger partial charge in [0.25, 0.3) is 0 Å². The molecule has 0 saturated carbocycles. The van der Waals surface area contributed by atoms with Crippen LogP contribution in [0.1, 0.15) is 0 Å². The van der Waals surface area contributed by atoms with Gasteiger partial charge in [0.1, 0.15) is 0 Å². The number of rotatable bonds is 0. The summed E-state index contributed by atoms with van der Waals surface area (Å²) in [6.07, 6.45) is 0. The standard InChI is InChI=1S/CH4N.BF3.K/c1-2;2-1(3)4;/h1-2H2;;/q-1;;+1. The van der Waals surface area contributed by atoms with Crippen LogP contribution in [0.25, 0.3) is 0 Å². The molecule has 7 heavy (non-hydrogen) atoms. The maximum atomic E-state index is 9.67. The van der Waals surface area contributed by atoms with Crippen LogP contribution < -0.4 is 57.1 Å². The average molecular weight is 137 g/mol. The Labute approximate surface area is 83.5 Å². The van der Waals surface area contributed by atoms with Gasteiger partial charge in [0.05, 0.1) is 0 Å². The van der Waals surface area contributed by atoms with Gasteiger partial charge >= 0.3 is 58.9 Å². The average Bonchev–Trinajstić information content (AvgIpc) is 1.41. The Hall–Kier alpha value is 1.45. The number of halogens is 3. The molecule has 0 atom stereocenters. The monoisotopic (exact) mass is 137 g/mol. The Kier molecular flexibility index (Phi) is 35.3. The summed E-state index contributed by atoms with van der Waals surface area (Å²) in [7, 11) is -0.917. The second-order valence-electron chi connectivity index (χ2n) is 0.247. The number of hydrogen-bond acceptors (Lipinski definition) is 1. The molecule has 0 amide bonds. The fourth-order valence-electron chi connectivity index (χ4n) is 0. The SMILES string of the molecule is FB(F)F.[CH2-]N.[K+]. The van der Waals surface area contributed by atoms with E-state index in [1.807, 2.05) is 0 Å². The molecule has 0 aromatic carbocycles. The first-order valence-electron chi connectivity index (χ1n) is 1.06. The van der Waals surface area contributed by atoms with Gasteiger partial charge in [0, 0.05) is 0 Å². The minimum atomic E-state index is -3.67. The van der Waals surface area contributed by atoms with Crippen molar-refractivity contribution in [1.29, 1.82) is 0 Å². The first-order chi connectivity index (χ1) is 2.73.